The molecular weight excluding hydrogens is 302 g/mol. The van der Waals surface area contributed by atoms with Crippen LogP contribution in [0.15, 0.2) is 36.9 Å². The molecule has 5 heteroatoms. The number of nitrogens with one attached hydrogen (secondary N) is 1. The molecule has 0 unspecified atom stereocenters. The Labute approximate surface area is 144 Å². The van der Waals surface area contributed by atoms with Crippen LogP contribution in [0.25, 0.3) is 0 Å². The fourth-order valence-corrected chi connectivity index (χ4v) is 2.84. The van der Waals surface area contributed by atoms with Crippen LogP contribution in [0.2, 0.25) is 0 Å². The van der Waals surface area contributed by atoms with E-state index in [4.69, 9.17) is 0 Å². The maximum Gasteiger partial charge on any atom is 0.237 e. The summed E-state index contributed by atoms with van der Waals surface area (Å²) in [7, 11) is 0. The zero-order valence-electron chi connectivity index (χ0n) is 14.6. The monoisotopic (exact) mass is 329 g/mol. The van der Waals surface area contributed by atoms with Crippen LogP contribution in [-0.4, -0.2) is 60.4 Å². The molecule has 1 N–H and O–H groups in total. The van der Waals surface area contributed by atoms with Gasteiger partial charge in [-0.1, -0.05) is 35.9 Å². The lowest BCUT2D eigenvalue weighted by Crippen LogP contribution is -2.55. The molecule has 2 amide bonds. The molecule has 130 valence electrons. The van der Waals surface area contributed by atoms with Crippen molar-refractivity contribution in [3.05, 3.63) is 48.0 Å². The Balaban J connectivity index is 1.81. The molecule has 2 rings (SSSR count). The van der Waals surface area contributed by atoms with Gasteiger partial charge in [-0.15, -0.1) is 6.58 Å². The van der Waals surface area contributed by atoms with Crippen molar-refractivity contribution in [3.63, 3.8) is 0 Å². The molecule has 1 saturated heterocycles. The Hall–Kier alpha value is -2.14. The van der Waals surface area contributed by atoms with Gasteiger partial charge in [-0.25, -0.2) is 0 Å². The molecule has 1 aliphatic heterocycles. The molecule has 1 atom stereocenters. The van der Waals surface area contributed by atoms with Crippen LogP contribution in [0.4, 0.5) is 0 Å². The molecule has 1 fully saturated rings. The zero-order chi connectivity index (χ0) is 17.5. The van der Waals surface area contributed by atoms with E-state index in [0.29, 0.717) is 26.1 Å². The molecule has 0 saturated carbocycles. The van der Waals surface area contributed by atoms with E-state index in [0.717, 1.165) is 18.7 Å². The van der Waals surface area contributed by atoms with Gasteiger partial charge >= 0.3 is 0 Å². The molecule has 5 nitrogen and oxygen atoms in total. The van der Waals surface area contributed by atoms with E-state index in [2.05, 4.69) is 16.8 Å². The van der Waals surface area contributed by atoms with E-state index in [-0.39, 0.29) is 17.9 Å². The summed E-state index contributed by atoms with van der Waals surface area (Å²) in [6, 6.07) is 7.90. The Bertz CT molecular complexity index is 575. The number of carbonyl (C=O) groups excluding carboxylic acids is 2. The number of carbonyl (C=O) groups is 2. The molecule has 1 aromatic carbocycles. The molecule has 0 spiro atoms. The third-order valence-corrected chi connectivity index (χ3v) is 4.49. The smallest absolute Gasteiger partial charge is 0.237 e. The summed E-state index contributed by atoms with van der Waals surface area (Å²) >= 11 is 0. The van der Waals surface area contributed by atoms with Crippen LogP contribution >= 0.6 is 0 Å². The Morgan fingerprint density at radius 2 is 1.83 bits per heavy atom. The van der Waals surface area contributed by atoms with Gasteiger partial charge in [0.25, 0.3) is 0 Å². The zero-order valence-corrected chi connectivity index (χ0v) is 14.6. The van der Waals surface area contributed by atoms with Gasteiger partial charge in [-0.05, 0) is 19.4 Å². The lowest BCUT2D eigenvalue weighted by Gasteiger charge is -2.37. The van der Waals surface area contributed by atoms with Crippen LogP contribution in [0.3, 0.4) is 0 Å². The topological polar surface area (TPSA) is 52.7 Å². The highest BCUT2D eigenvalue weighted by molar-refractivity contribution is 5.81. The molecule has 0 aliphatic carbocycles. The molecule has 0 radical (unpaired) electrons. The average molecular weight is 329 g/mol. The van der Waals surface area contributed by atoms with Gasteiger partial charge in [0.1, 0.15) is 0 Å². The Morgan fingerprint density at radius 3 is 2.42 bits per heavy atom. The third-order valence-electron chi connectivity index (χ3n) is 4.49. The van der Waals surface area contributed by atoms with Crippen molar-refractivity contribution in [2.24, 2.45) is 0 Å². The molecule has 1 aliphatic rings. The van der Waals surface area contributed by atoms with Crippen LogP contribution in [0.5, 0.6) is 0 Å². The first kappa shape index (κ1) is 18.2. The summed E-state index contributed by atoms with van der Waals surface area (Å²) in [5.74, 6) is 0.164. The quantitative estimate of drug-likeness (QED) is 0.802. The number of rotatable bonds is 6. The average Bonchev–Trinajstić information content (AvgIpc) is 2.61. The van der Waals surface area contributed by atoms with Gasteiger partial charge in [0.05, 0.1) is 12.5 Å². The summed E-state index contributed by atoms with van der Waals surface area (Å²) in [6.45, 7) is 10.8. The normalized spacial score (nSPS) is 16.5. The fourth-order valence-electron chi connectivity index (χ4n) is 2.84. The number of hydrogen-bond acceptors (Lipinski definition) is 3. The lowest BCUT2D eigenvalue weighted by atomic mass is 10.1. The van der Waals surface area contributed by atoms with E-state index in [1.807, 2.05) is 43.0 Å². The summed E-state index contributed by atoms with van der Waals surface area (Å²) in [6.07, 6.45) is 2.11. The highest BCUT2D eigenvalue weighted by atomic mass is 16.2. The number of hydrogen-bond donors (Lipinski definition) is 1. The van der Waals surface area contributed by atoms with E-state index in [9.17, 15) is 9.59 Å². The van der Waals surface area contributed by atoms with Crippen LogP contribution < -0.4 is 5.32 Å². The van der Waals surface area contributed by atoms with Crippen molar-refractivity contribution in [1.29, 1.82) is 0 Å². The summed E-state index contributed by atoms with van der Waals surface area (Å²) in [5, 5.41) is 2.82. The van der Waals surface area contributed by atoms with Crippen molar-refractivity contribution in [1.82, 2.24) is 15.1 Å². The van der Waals surface area contributed by atoms with Crippen LogP contribution in [-0.2, 0) is 16.0 Å². The SMILES string of the molecule is C=CCNC(=O)[C@H](C)N1CCN(C(=O)Cc2ccc(C)cc2)CC1. The number of aryl methyl sites for hydroxylation is 1. The summed E-state index contributed by atoms with van der Waals surface area (Å²) in [4.78, 5) is 28.4. The maximum atomic E-state index is 12.4. The van der Waals surface area contributed by atoms with Gasteiger partial charge in [0, 0.05) is 32.7 Å². The van der Waals surface area contributed by atoms with Crippen molar-refractivity contribution < 1.29 is 9.59 Å². The second-order valence-electron chi connectivity index (χ2n) is 6.29. The summed E-state index contributed by atoms with van der Waals surface area (Å²) < 4.78 is 0. The predicted octanol–water partition coefficient (Wildman–Crippen LogP) is 1.37. The number of amides is 2. The van der Waals surface area contributed by atoms with Crippen molar-refractivity contribution >= 4 is 11.8 Å². The molecule has 0 bridgehead atoms. The van der Waals surface area contributed by atoms with Crippen molar-refractivity contribution in [2.45, 2.75) is 26.3 Å². The molecule has 24 heavy (non-hydrogen) atoms. The van der Waals surface area contributed by atoms with Gasteiger partial charge in [-0.3, -0.25) is 14.5 Å². The summed E-state index contributed by atoms with van der Waals surface area (Å²) in [5.41, 5.74) is 2.24. The van der Waals surface area contributed by atoms with E-state index >= 15 is 0 Å². The number of nitrogens with zero attached hydrogens (tertiary/aromatic N) is 2. The molecule has 1 heterocycles. The predicted molar refractivity (Wildman–Crippen MR) is 95.7 cm³/mol. The van der Waals surface area contributed by atoms with Crippen LogP contribution in [0.1, 0.15) is 18.1 Å². The molecule has 0 aromatic heterocycles. The van der Waals surface area contributed by atoms with E-state index in [1.165, 1.54) is 5.56 Å². The maximum absolute atomic E-state index is 12.4. The highest BCUT2D eigenvalue weighted by Gasteiger charge is 2.27. The van der Waals surface area contributed by atoms with Gasteiger partial charge in [0.15, 0.2) is 0 Å². The highest BCUT2D eigenvalue weighted by Crippen LogP contribution is 2.10. The third kappa shape index (κ3) is 4.93. The van der Waals surface area contributed by atoms with Gasteiger partial charge < -0.3 is 10.2 Å². The van der Waals surface area contributed by atoms with Crippen LogP contribution in [0, 0.1) is 6.92 Å². The minimum absolute atomic E-state index is 0.00864. The standard InChI is InChI=1S/C19H27N3O2/c1-4-9-20-19(24)16(3)21-10-12-22(13-11-21)18(23)14-17-7-5-15(2)6-8-17/h4-8,16H,1,9-14H2,2-3H3,(H,20,24)/t16-/m0/s1. The van der Waals surface area contributed by atoms with Crippen molar-refractivity contribution in [3.8, 4) is 0 Å². The minimum atomic E-state index is -0.181. The minimum Gasteiger partial charge on any atom is -0.351 e. The number of piperazine rings is 1. The van der Waals surface area contributed by atoms with Gasteiger partial charge in [-0.2, -0.15) is 0 Å². The van der Waals surface area contributed by atoms with E-state index in [1.54, 1.807) is 6.08 Å². The molecular formula is C19H27N3O2. The van der Waals surface area contributed by atoms with E-state index < -0.39 is 0 Å². The second-order valence-corrected chi connectivity index (χ2v) is 6.29. The largest absolute Gasteiger partial charge is 0.351 e. The second kappa shape index (κ2) is 8.64. The first-order valence-corrected chi connectivity index (χ1v) is 8.47. The van der Waals surface area contributed by atoms with Gasteiger partial charge in [0.2, 0.25) is 11.8 Å². The Morgan fingerprint density at radius 1 is 1.21 bits per heavy atom. The lowest BCUT2D eigenvalue weighted by molar-refractivity contribution is -0.133. The van der Waals surface area contributed by atoms with Crippen molar-refractivity contribution in [2.75, 3.05) is 32.7 Å². The molecule has 1 aromatic rings. The fraction of sp³-hybridized carbons (Fsp3) is 0.474. The Kier molecular flexibility index (Phi) is 6.55. The first-order chi connectivity index (χ1) is 11.5. The number of benzene rings is 1. The first-order valence-electron chi connectivity index (χ1n) is 8.47.